The summed E-state index contributed by atoms with van der Waals surface area (Å²) in [7, 11) is 0. The van der Waals surface area contributed by atoms with E-state index in [4.69, 9.17) is 10.5 Å². The van der Waals surface area contributed by atoms with Crippen molar-refractivity contribution in [3.8, 4) is 5.75 Å². The van der Waals surface area contributed by atoms with Gasteiger partial charge in [0.05, 0.1) is 0 Å². The minimum Gasteiger partial charge on any atom is -0.454 e. The molecule has 0 saturated heterocycles. The summed E-state index contributed by atoms with van der Waals surface area (Å²) in [5.41, 5.74) is 6.44. The minimum atomic E-state index is -0.0213. The maximum atomic E-state index is 11.5. The summed E-state index contributed by atoms with van der Waals surface area (Å²) in [6.07, 6.45) is 2.91. The van der Waals surface area contributed by atoms with Crippen LogP contribution in [0.25, 0.3) is 0 Å². The summed E-state index contributed by atoms with van der Waals surface area (Å²) in [6, 6.07) is 7.73. The Morgan fingerprint density at radius 1 is 1.40 bits per heavy atom. The van der Waals surface area contributed by atoms with Crippen LogP contribution in [-0.2, 0) is 11.2 Å². The molecule has 2 N–H and O–H groups in total. The minimum absolute atomic E-state index is 0.0213. The molecule has 0 saturated carbocycles. The summed E-state index contributed by atoms with van der Waals surface area (Å²) in [6.45, 7) is 0.362. The van der Waals surface area contributed by atoms with Crippen LogP contribution >= 0.6 is 0 Å². The van der Waals surface area contributed by atoms with Crippen LogP contribution in [0.1, 0.15) is 12.0 Å². The lowest BCUT2D eigenvalue weighted by Crippen LogP contribution is -2.16. The number of fused-ring (bicyclic) bond motifs is 1. The molecule has 2 rings (SSSR count). The summed E-state index contributed by atoms with van der Waals surface area (Å²) in [5, 5.41) is 0. The molecule has 0 spiro atoms. The lowest BCUT2D eigenvalue weighted by atomic mass is 10.1. The molecule has 0 unspecified atom stereocenters. The van der Waals surface area contributed by atoms with Gasteiger partial charge >= 0.3 is 0 Å². The first-order valence-corrected chi connectivity index (χ1v) is 5.00. The second-order valence-corrected chi connectivity index (χ2v) is 3.44. The van der Waals surface area contributed by atoms with Crippen molar-refractivity contribution < 1.29 is 9.53 Å². The Morgan fingerprint density at radius 2 is 2.20 bits per heavy atom. The molecule has 1 aliphatic heterocycles. The van der Waals surface area contributed by atoms with E-state index in [0.29, 0.717) is 18.7 Å². The molecule has 0 bridgehead atoms. The van der Waals surface area contributed by atoms with Gasteiger partial charge in [0.25, 0.3) is 0 Å². The number of allylic oxidation sites excluding steroid dienone is 2. The molecule has 1 heterocycles. The van der Waals surface area contributed by atoms with E-state index >= 15 is 0 Å². The first-order chi connectivity index (χ1) is 7.31. The van der Waals surface area contributed by atoms with Gasteiger partial charge in [0.2, 0.25) is 0 Å². The van der Waals surface area contributed by atoms with E-state index in [1.807, 2.05) is 30.3 Å². The first-order valence-electron chi connectivity index (χ1n) is 5.00. The van der Waals surface area contributed by atoms with Gasteiger partial charge in [-0.05, 0) is 30.7 Å². The zero-order valence-corrected chi connectivity index (χ0v) is 8.40. The topological polar surface area (TPSA) is 52.3 Å². The number of hydrogen-bond acceptors (Lipinski definition) is 3. The fraction of sp³-hybridized carbons (Fsp3) is 0.250. The molecule has 0 atom stereocenters. The smallest absolute Gasteiger partial charge is 0.198 e. The lowest BCUT2D eigenvalue weighted by molar-refractivity contribution is -0.117. The second-order valence-electron chi connectivity index (χ2n) is 3.44. The van der Waals surface area contributed by atoms with Gasteiger partial charge in [-0.1, -0.05) is 18.2 Å². The number of rotatable bonds is 3. The van der Waals surface area contributed by atoms with Crippen LogP contribution in [0.4, 0.5) is 0 Å². The largest absolute Gasteiger partial charge is 0.454 e. The van der Waals surface area contributed by atoms with E-state index in [1.165, 1.54) is 0 Å². The molecule has 0 aliphatic carbocycles. The Hall–Kier alpha value is -1.61. The van der Waals surface area contributed by atoms with Crippen molar-refractivity contribution in [1.82, 2.24) is 0 Å². The summed E-state index contributed by atoms with van der Waals surface area (Å²) in [4.78, 5) is 11.5. The van der Waals surface area contributed by atoms with Gasteiger partial charge in [-0.15, -0.1) is 0 Å². The third kappa shape index (κ3) is 2.07. The van der Waals surface area contributed by atoms with Crippen molar-refractivity contribution in [3.63, 3.8) is 0 Å². The van der Waals surface area contributed by atoms with Gasteiger partial charge in [0.15, 0.2) is 11.5 Å². The Labute approximate surface area is 88.5 Å². The number of nitrogens with two attached hydrogens (primary N) is 1. The van der Waals surface area contributed by atoms with Crippen LogP contribution in [0.2, 0.25) is 0 Å². The van der Waals surface area contributed by atoms with Crippen LogP contribution in [0.3, 0.4) is 0 Å². The predicted octanol–water partition coefficient (Wildman–Crippen LogP) is 1.42. The third-order valence-corrected chi connectivity index (χ3v) is 2.35. The third-order valence-electron chi connectivity index (χ3n) is 2.35. The molecule has 1 aliphatic rings. The fourth-order valence-corrected chi connectivity index (χ4v) is 1.56. The van der Waals surface area contributed by atoms with Crippen LogP contribution in [0.15, 0.2) is 36.1 Å². The SMILES string of the molecule is NCCC(=O)C1=CCc2ccccc2O1. The molecular weight excluding hydrogens is 190 g/mol. The number of hydrogen-bond donors (Lipinski definition) is 1. The molecule has 1 aromatic rings. The molecule has 0 aromatic heterocycles. The first kappa shape index (κ1) is 9.93. The van der Waals surface area contributed by atoms with Crippen molar-refractivity contribution in [2.75, 3.05) is 6.54 Å². The van der Waals surface area contributed by atoms with Gasteiger partial charge in [-0.25, -0.2) is 0 Å². The monoisotopic (exact) mass is 203 g/mol. The highest BCUT2D eigenvalue weighted by Gasteiger charge is 2.16. The van der Waals surface area contributed by atoms with Crippen molar-refractivity contribution >= 4 is 5.78 Å². The van der Waals surface area contributed by atoms with Gasteiger partial charge in [0, 0.05) is 6.42 Å². The van der Waals surface area contributed by atoms with Crippen molar-refractivity contribution in [1.29, 1.82) is 0 Å². The molecule has 0 radical (unpaired) electrons. The highest BCUT2D eigenvalue weighted by molar-refractivity contribution is 5.94. The normalized spacial score (nSPS) is 13.8. The highest BCUT2D eigenvalue weighted by atomic mass is 16.5. The number of carbonyl (C=O) groups excluding carboxylic acids is 1. The van der Waals surface area contributed by atoms with Crippen molar-refractivity contribution in [2.24, 2.45) is 5.73 Å². The van der Waals surface area contributed by atoms with Gasteiger partial charge in [-0.3, -0.25) is 4.79 Å². The molecule has 1 aromatic carbocycles. The number of Topliss-reactive ketones (excluding diaryl/α,β-unsaturated/α-hetero) is 1. The molecule has 0 amide bonds. The predicted molar refractivity (Wildman–Crippen MR) is 57.5 cm³/mol. The van der Waals surface area contributed by atoms with Crippen LogP contribution in [-0.4, -0.2) is 12.3 Å². The maximum absolute atomic E-state index is 11.5. The molecule has 0 fully saturated rings. The molecular formula is C12H13NO2. The van der Waals surface area contributed by atoms with E-state index in [-0.39, 0.29) is 5.78 Å². The quantitative estimate of drug-likeness (QED) is 0.808. The number of ether oxygens (including phenoxy) is 1. The van der Waals surface area contributed by atoms with E-state index in [1.54, 1.807) is 0 Å². The van der Waals surface area contributed by atoms with Crippen LogP contribution in [0, 0.1) is 0 Å². The average molecular weight is 203 g/mol. The molecule has 3 nitrogen and oxygen atoms in total. The van der Waals surface area contributed by atoms with Crippen LogP contribution in [0.5, 0.6) is 5.75 Å². The maximum Gasteiger partial charge on any atom is 0.198 e. The Morgan fingerprint density at radius 3 is 3.00 bits per heavy atom. The highest BCUT2D eigenvalue weighted by Crippen LogP contribution is 2.26. The Balaban J connectivity index is 2.16. The summed E-state index contributed by atoms with van der Waals surface area (Å²) in [5.74, 6) is 1.19. The number of benzene rings is 1. The Kier molecular flexibility index (Phi) is 2.83. The van der Waals surface area contributed by atoms with E-state index in [9.17, 15) is 4.79 Å². The average Bonchev–Trinajstić information content (AvgIpc) is 2.29. The second kappa shape index (κ2) is 4.28. The van der Waals surface area contributed by atoms with E-state index in [0.717, 1.165) is 17.7 Å². The Bertz CT molecular complexity index is 410. The number of para-hydroxylation sites is 1. The number of ketones is 1. The molecule has 3 heteroatoms. The molecule has 78 valence electrons. The summed E-state index contributed by atoms with van der Waals surface area (Å²) >= 11 is 0. The van der Waals surface area contributed by atoms with E-state index in [2.05, 4.69) is 0 Å². The van der Waals surface area contributed by atoms with Crippen LogP contribution < -0.4 is 10.5 Å². The van der Waals surface area contributed by atoms with Gasteiger partial charge in [0.1, 0.15) is 5.75 Å². The van der Waals surface area contributed by atoms with Crippen molar-refractivity contribution in [2.45, 2.75) is 12.8 Å². The van der Waals surface area contributed by atoms with E-state index < -0.39 is 0 Å². The lowest BCUT2D eigenvalue weighted by Gasteiger charge is -2.16. The van der Waals surface area contributed by atoms with Gasteiger partial charge < -0.3 is 10.5 Å². The zero-order valence-electron chi connectivity index (χ0n) is 8.40. The fourth-order valence-electron chi connectivity index (χ4n) is 1.56. The van der Waals surface area contributed by atoms with Crippen molar-refractivity contribution in [3.05, 3.63) is 41.7 Å². The standard InChI is InChI=1S/C12H13NO2/c13-8-7-10(14)12-6-5-9-3-1-2-4-11(9)15-12/h1-4,6H,5,7-8,13H2. The van der Waals surface area contributed by atoms with Gasteiger partial charge in [-0.2, -0.15) is 0 Å². The zero-order chi connectivity index (χ0) is 10.7. The molecule has 15 heavy (non-hydrogen) atoms. The summed E-state index contributed by atoms with van der Waals surface area (Å²) < 4.78 is 5.50. The number of carbonyl (C=O) groups is 1.